The molecule has 3 fully saturated rings. The van der Waals surface area contributed by atoms with E-state index in [4.69, 9.17) is 15.0 Å². The van der Waals surface area contributed by atoms with Gasteiger partial charge in [-0.3, -0.25) is 66.1 Å². The number of aliphatic hydroxyl groups is 1. The van der Waals surface area contributed by atoms with Gasteiger partial charge in [0.05, 0.1) is 102 Å². The number of hydrogen-bond acceptors (Lipinski definition) is 28. The maximum absolute atomic E-state index is 12.6. The van der Waals surface area contributed by atoms with Crippen molar-refractivity contribution in [2.45, 2.75) is 132 Å². The summed E-state index contributed by atoms with van der Waals surface area (Å²) in [5, 5.41) is 50.5. The Morgan fingerprint density at radius 3 is 1.31 bits per heavy atom. The topological polar surface area (TPSA) is 378 Å². The molecule has 3 atom stereocenters. The lowest BCUT2D eigenvalue weighted by Crippen LogP contribution is -2.36. The van der Waals surface area contributed by atoms with Gasteiger partial charge in [-0.25, -0.2) is 29.9 Å². The van der Waals surface area contributed by atoms with E-state index < -0.39 is 0 Å². The third-order valence-electron chi connectivity index (χ3n) is 20.5. The highest BCUT2D eigenvalue weighted by Gasteiger charge is 2.25. The molecule has 3 unspecified atom stereocenters. The van der Waals surface area contributed by atoms with Crippen molar-refractivity contribution in [2.75, 3.05) is 74.1 Å². The number of likely N-dealkylation sites (tertiary alicyclic amines) is 3. The Morgan fingerprint density at radius 1 is 0.508 bits per heavy atom. The zero-order valence-corrected chi connectivity index (χ0v) is 70.0. The maximum atomic E-state index is 12.6. The molecule has 3 aliphatic rings. The fraction of sp³-hybridized carbons (Fsp3) is 0.388. The van der Waals surface area contributed by atoms with E-state index in [1.165, 1.54) is 91.0 Å². The van der Waals surface area contributed by atoms with Crippen LogP contribution >= 0.6 is 45.9 Å². The Morgan fingerprint density at radius 2 is 0.924 bits per heavy atom. The molecule has 4 amide bonds. The number of pyridine rings is 1. The number of amides is 4. The number of thiophene rings is 1. The second-order valence-electron chi connectivity index (χ2n) is 30.5. The van der Waals surface area contributed by atoms with Crippen molar-refractivity contribution in [3.05, 3.63) is 173 Å². The molecule has 0 aliphatic carbocycles. The van der Waals surface area contributed by atoms with Crippen molar-refractivity contribution >= 4 is 125 Å². The van der Waals surface area contributed by atoms with E-state index in [1.807, 2.05) is 88.0 Å². The first kappa shape index (κ1) is 81.5. The molecule has 614 valence electrons. The molecule has 3 saturated heterocycles. The van der Waals surface area contributed by atoms with E-state index in [0.717, 1.165) is 171 Å². The smallest absolute Gasteiger partial charge is 0.246 e. The van der Waals surface area contributed by atoms with Crippen LogP contribution in [0.4, 0.5) is 38.1 Å². The lowest BCUT2D eigenvalue weighted by Gasteiger charge is -2.30. The zero-order chi connectivity index (χ0) is 81.8. The summed E-state index contributed by atoms with van der Waals surface area (Å²) < 4.78 is 24.7. The fourth-order valence-electron chi connectivity index (χ4n) is 14.9. The second-order valence-corrected chi connectivity index (χ2v) is 33.6. The van der Waals surface area contributed by atoms with Gasteiger partial charge < -0.3 is 42.3 Å². The second kappa shape index (κ2) is 37.7. The molecule has 118 heavy (non-hydrogen) atoms. The number of hydrogen-bond donors (Lipinski definition) is 8. The Kier molecular flexibility index (Phi) is 26.1. The standard InChI is InChI=1S/C28H32N10O2S.C27H31N9OS2.C25H32N10O2S/c1-18-4-3-7-36(12-18)15-22-8-26(41-35-22)34-27-28-30-11-24(38(28)13-19(2)32-27)20-10-31-37(14-20)16-25(40)33-23-5-6-29-9-21(23)17-39;1-18-4-3-6-34(12-18)15-22-8-25(39-33-22)32-26-27-29-11-23(36(27)13-19(2)31-26)21-10-30-35(14-21)16-24(37)28-9-20-5-7-38-17-20;1-16-5-4-6-33(11-16)14-19-7-23(38-32-19)31-24-25-28-9-20(35(25)12-17(2)30-24)18-8-29-34(13-18)15-22(37)27-10-21(36)26-3/h5-6,8-11,13-14,18,39H,3-4,7,12,15-17H2,1-2H3,(H,32,34)(H,29,33,40);5,7-8,10-11,13-14,17-18H,3-4,6,9,12,15-16H2,1-2H3,(H,28,37)(H,31,32);7-9,12-13,16H,4-6,10-11,14-15H2,1-3H3,(H,26,36)(H,27,37)(H,30,31). The average Bonchev–Trinajstić information content (AvgIpc) is 1.63. The quantitative estimate of drug-likeness (QED) is 0.0237. The van der Waals surface area contributed by atoms with Crippen LogP contribution in [0.1, 0.15) is 105 Å². The first-order valence-corrected chi connectivity index (χ1v) is 42.6. The minimum Gasteiger partial charge on any atom is -0.392 e. The van der Waals surface area contributed by atoms with Gasteiger partial charge in [-0.2, -0.15) is 39.8 Å². The molecular formula is C80H95N29O5S4. The molecule has 0 radical (unpaired) electrons. The summed E-state index contributed by atoms with van der Waals surface area (Å²) in [6, 6.07) is 9.96. The number of rotatable bonds is 27. The number of aromatic nitrogens is 19. The molecule has 14 aromatic rings. The van der Waals surface area contributed by atoms with Crippen LogP contribution in [-0.2, 0) is 71.6 Å². The number of aliphatic hydroxyl groups excluding tert-OH is 1. The zero-order valence-electron chi connectivity index (χ0n) is 66.8. The molecule has 34 nitrogen and oxygen atoms in total. The van der Waals surface area contributed by atoms with Gasteiger partial charge in [-0.1, -0.05) is 20.8 Å². The number of carbonyl (C=O) groups excluding carboxylic acids is 4. The van der Waals surface area contributed by atoms with Crippen LogP contribution in [0.2, 0.25) is 0 Å². The molecule has 8 N–H and O–H groups in total. The van der Waals surface area contributed by atoms with Crippen LogP contribution in [-0.4, -0.2) is 187 Å². The molecule has 38 heteroatoms. The Labute approximate surface area is 697 Å². The molecule has 0 saturated carbocycles. The van der Waals surface area contributed by atoms with Crippen molar-refractivity contribution < 1.29 is 24.3 Å². The van der Waals surface area contributed by atoms with Gasteiger partial charge >= 0.3 is 0 Å². The third kappa shape index (κ3) is 20.8. The highest BCUT2D eigenvalue weighted by molar-refractivity contribution is 7.11. The Bertz CT molecular complexity index is 5790. The first-order valence-electron chi connectivity index (χ1n) is 39.4. The monoisotopic (exact) mass is 1670 g/mol. The minimum atomic E-state index is -0.299. The number of nitrogens with zero attached hydrogens (tertiary/aromatic N) is 22. The predicted octanol–water partition coefficient (Wildman–Crippen LogP) is 10.8. The number of aryl methyl sites for hydroxylation is 3. The Hall–Kier alpha value is -11.7. The highest BCUT2D eigenvalue weighted by Crippen LogP contribution is 2.34. The number of carbonyl (C=O) groups is 4. The van der Waals surface area contributed by atoms with Gasteiger partial charge in [0.15, 0.2) is 34.4 Å². The first-order chi connectivity index (χ1) is 57.3. The van der Waals surface area contributed by atoms with E-state index in [1.54, 1.807) is 70.1 Å². The summed E-state index contributed by atoms with van der Waals surface area (Å²) in [5.74, 6) is 3.30. The Balaban J connectivity index is 0.000000139. The summed E-state index contributed by atoms with van der Waals surface area (Å²) in [4.78, 5) is 88.0. The van der Waals surface area contributed by atoms with E-state index in [9.17, 15) is 24.3 Å². The predicted molar refractivity (Wildman–Crippen MR) is 456 cm³/mol. The number of imidazole rings is 3. The SMILES string of the molecule is CNC(=O)CNC(=O)Cn1cc(-c2cnc3c(Nc4cc(CN5CCCC(C)C5)ns4)nc(C)cn23)cn1.Cc1cn2c(-c3cnn(CC(=O)NCc4ccsc4)c3)cnc2c(Nc2cc(CN3CCCC(C)C3)ns2)n1.Cc1cn2c(-c3cnn(CC(=O)Nc4ccncc4CO)c3)cnc2c(Nc2cc(CN3CCCC(C)C3)ns2)n1. The molecule has 0 bridgehead atoms. The van der Waals surface area contributed by atoms with E-state index >= 15 is 0 Å². The van der Waals surface area contributed by atoms with Crippen molar-refractivity contribution in [1.82, 2.24) is 121 Å². The summed E-state index contributed by atoms with van der Waals surface area (Å²) in [5.41, 5.74) is 15.0. The average molecular weight is 1670 g/mol. The third-order valence-corrected chi connectivity index (χ3v) is 23.4. The van der Waals surface area contributed by atoms with Gasteiger partial charge in [0.2, 0.25) is 23.6 Å². The van der Waals surface area contributed by atoms with Crippen molar-refractivity contribution in [2.24, 2.45) is 17.8 Å². The van der Waals surface area contributed by atoms with E-state index in [-0.39, 0.29) is 56.4 Å². The number of anilines is 7. The van der Waals surface area contributed by atoms with Crippen LogP contribution in [0.15, 0.2) is 128 Å². The maximum Gasteiger partial charge on any atom is 0.246 e. The molecule has 3 aliphatic heterocycles. The van der Waals surface area contributed by atoms with Crippen LogP contribution < -0.4 is 37.2 Å². The van der Waals surface area contributed by atoms with Crippen molar-refractivity contribution in [3.8, 4) is 33.8 Å². The number of nitrogens with one attached hydrogen (secondary N) is 7. The van der Waals surface area contributed by atoms with Crippen LogP contribution in [0.25, 0.3) is 50.7 Å². The van der Waals surface area contributed by atoms with Crippen molar-refractivity contribution in [1.29, 1.82) is 0 Å². The summed E-state index contributed by atoms with van der Waals surface area (Å²) in [6.45, 7) is 22.5. The molecular weight excluding hydrogens is 1580 g/mol. The number of fused-ring (bicyclic) bond motifs is 3. The van der Waals surface area contributed by atoms with Gasteiger partial charge in [-0.05, 0) is 178 Å². The minimum absolute atomic E-state index is 0.00513. The lowest BCUT2D eigenvalue weighted by atomic mass is 10.0. The van der Waals surface area contributed by atoms with Crippen LogP contribution in [0.5, 0.6) is 0 Å². The van der Waals surface area contributed by atoms with Gasteiger partial charge in [-0.15, -0.1) is 0 Å². The summed E-state index contributed by atoms with van der Waals surface area (Å²) >= 11 is 5.92. The number of likely N-dealkylation sites (N-methyl/N-ethyl adjacent to an activating group) is 1. The molecule has 0 spiro atoms. The number of piperidine rings is 3. The molecule has 17 heterocycles. The summed E-state index contributed by atoms with van der Waals surface area (Å²) in [7, 11) is 1.52. The lowest BCUT2D eigenvalue weighted by molar-refractivity contribution is -0.126. The van der Waals surface area contributed by atoms with Gasteiger partial charge in [0.25, 0.3) is 0 Å². The van der Waals surface area contributed by atoms with Crippen LogP contribution in [0, 0.1) is 38.5 Å². The van der Waals surface area contributed by atoms with E-state index in [2.05, 4.69) is 139 Å². The van der Waals surface area contributed by atoms with Gasteiger partial charge in [0, 0.05) is 130 Å². The molecule has 0 aromatic carbocycles. The molecule has 17 rings (SSSR count). The molecule has 14 aromatic heterocycles. The fourth-order valence-corrected chi connectivity index (χ4v) is 17.5. The van der Waals surface area contributed by atoms with E-state index in [0.29, 0.717) is 46.5 Å². The van der Waals surface area contributed by atoms with Crippen molar-refractivity contribution in [3.63, 3.8) is 0 Å². The summed E-state index contributed by atoms with van der Waals surface area (Å²) in [6.07, 6.45) is 32.5. The normalized spacial score (nSPS) is 16.0. The highest BCUT2D eigenvalue weighted by atomic mass is 32.1. The van der Waals surface area contributed by atoms with Crippen LogP contribution in [0.3, 0.4) is 0 Å². The largest absolute Gasteiger partial charge is 0.392 e. The van der Waals surface area contributed by atoms with Gasteiger partial charge in [0.1, 0.15) is 34.6 Å².